The first-order chi connectivity index (χ1) is 46.7. The van der Waals surface area contributed by atoms with Gasteiger partial charge in [-0.25, -0.2) is 24.7 Å². The predicted molar refractivity (Wildman–Crippen MR) is 369 cm³/mol. The summed E-state index contributed by atoms with van der Waals surface area (Å²) in [6, 6.07) is 42.3. The van der Waals surface area contributed by atoms with E-state index in [0.29, 0.717) is 61.5 Å². The van der Waals surface area contributed by atoms with Crippen LogP contribution in [0.1, 0.15) is 92.7 Å². The molecule has 0 aliphatic carbocycles. The van der Waals surface area contributed by atoms with Crippen LogP contribution in [0.5, 0.6) is 17.2 Å². The summed E-state index contributed by atoms with van der Waals surface area (Å²) < 4.78 is 35.3. The Bertz CT molecular complexity index is 3980. The van der Waals surface area contributed by atoms with E-state index in [1.807, 2.05) is 91.9 Å². The van der Waals surface area contributed by atoms with E-state index < -0.39 is 28.0 Å². The highest BCUT2D eigenvalue weighted by Gasteiger charge is 2.37. The van der Waals surface area contributed by atoms with Crippen LogP contribution >= 0.6 is 46.9 Å². The number of benzene rings is 7. The van der Waals surface area contributed by atoms with Crippen LogP contribution in [0.3, 0.4) is 0 Å². The van der Waals surface area contributed by atoms with E-state index in [-0.39, 0.29) is 81.8 Å². The molecule has 10 rings (SSSR count). The lowest BCUT2D eigenvalue weighted by atomic mass is 10.1. The van der Waals surface area contributed by atoms with Crippen molar-refractivity contribution in [3.63, 3.8) is 0 Å². The molecule has 3 aliphatic heterocycles. The molecule has 0 radical (unpaired) electrons. The van der Waals surface area contributed by atoms with Crippen LogP contribution in [0.25, 0.3) is 0 Å². The zero-order valence-electron chi connectivity index (χ0n) is 54.3. The molecular formula is C70H72ClN5O18S3. The standard InChI is InChI=1S/C21H22N2O6S.C21H23NO4S.C19H19NO4S.C9H8ClNO4/c1-3-29-21(26)14-6-9-17-16(11-14)23(12-19(24)22-27)20(25)18(30-17)10-13-4-7-15(28-2)8-5-13;1-4-22-17-13-15(21(24)26-5-2)8-11-18(17)27-19(20(22)23)12-14-6-9-16(25-3)10-7-14;1-3-24-19(22)13-6-9-16-15(11-13)20-18(21)17(25-16)10-12-4-7-14(23-2)8-5-12;1-2-15-9(12)6-3-4-7(10)8(5-6)11(13)14/h4-9,11,18,27H,3,10,12H2,1-2H3,(H,22,24);6-11,13,19H,4-5,12H2,1-3H3;4-9,11,17H,3,10H2,1-2H3,(H,20,21);3-5H,2H2,1H3. The Balaban J connectivity index is 0.000000187. The number of hydrogen-bond acceptors (Lipinski definition) is 21. The highest BCUT2D eigenvalue weighted by atomic mass is 35.5. The number of hydroxylamine groups is 1. The molecule has 0 spiro atoms. The monoisotopic (exact) mass is 1400 g/mol. The van der Waals surface area contributed by atoms with Gasteiger partial charge in [0, 0.05) is 27.3 Å². The maximum absolute atomic E-state index is 13.2. The molecule has 3 aliphatic rings. The number of nitrogens with one attached hydrogen (secondary N) is 2. The van der Waals surface area contributed by atoms with Crippen LogP contribution in [0.15, 0.2) is 160 Å². The third-order valence-electron chi connectivity index (χ3n) is 14.6. The zero-order chi connectivity index (χ0) is 70.3. The Morgan fingerprint density at radius 1 is 0.515 bits per heavy atom. The molecule has 4 amide bonds. The number of amides is 4. The minimum Gasteiger partial charge on any atom is -0.497 e. The van der Waals surface area contributed by atoms with Crippen molar-refractivity contribution in [3.05, 3.63) is 200 Å². The molecule has 0 saturated carbocycles. The predicted octanol–water partition coefficient (Wildman–Crippen LogP) is 12.3. The topological polar surface area (TPSA) is 295 Å². The Morgan fingerprint density at radius 2 is 0.876 bits per heavy atom. The average Bonchev–Trinajstić information content (AvgIpc) is 0.790. The first kappa shape index (κ1) is 74.8. The normalized spacial score (nSPS) is 14.8. The van der Waals surface area contributed by atoms with E-state index in [1.165, 1.54) is 46.6 Å². The summed E-state index contributed by atoms with van der Waals surface area (Å²) in [4.78, 5) is 113. The zero-order valence-corrected chi connectivity index (χ0v) is 57.5. The second-order valence-corrected chi connectivity index (χ2v) is 25.0. The fourth-order valence-electron chi connectivity index (χ4n) is 9.80. The molecule has 27 heteroatoms. The van der Waals surface area contributed by atoms with Crippen molar-refractivity contribution >= 4 is 117 Å². The van der Waals surface area contributed by atoms with Gasteiger partial charge in [-0.15, -0.1) is 35.3 Å². The van der Waals surface area contributed by atoms with Gasteiger partial charge in [0.25, 0.3) is 11.6 Å². The molecule has 3 N–H and O–H groups in total. The molecule has 7 aromatic rings. The maximum Gasteiger partial charge on any atom is 0.338 e. The fourth-order valence-corrected chi connectivity index (χ4v) is 13.6. The van der Waals surface area contributed by atoms with Crippen molar-refractivity contribution < 1.29 is 81.6 Å². The quantitative estimate of drug-likeness (QED) is 0.0198. The van der Waals surface area contributed by atoms with Gasteiger partial charge in [0.05, 0.1) is 108 Å². The third-order valence-corrected chi connectivity index (χ3v) is 18.7. The molecule has 510 valence electrons. The van der Waals surface area contributed by atoms with E-state index in [0.717, 1.165) is 60.4 Å². The van der Waals surface area contributed by atoms with Gasteiger partial charge in [0.2, 0.25) is 17.7 Å². The number of methoxy groups -OCH3 is 3. The lowest BCUT2D eigenvalue weighted by Gasteiger charge is -2.33. The van der Waals surface area contributed by atoms with Gasteiger partial charge in [-0.3, -0.25) is 34.5 Å². The smallest absolute Gasteiger partial charge is 0.338 e. The number of nitro benzene ring substituents is 1. The summed E-state index contributed by atoms with van der Waals surface area (Å²) in [5.41, 5.74) is 7.54. The molecule has 0 bridgehead atoms. The second kappa shape index (κ2) is 36.5. The largest absolute Gasteiger partial charge is 0.497 e. The molecule has 23 nitrogen and oxygen atoms in total. The van der Waals surface area contributed by atoms with Gasteiger partial charge in [0.15, 0.2) is 0 Å². The number of fused-ring (bicyclic) bond motifs is 3. The van der Waals surface area contributed by atoms with Crippen molar-refractivity contribution in [2.24, 2.45) is 0 Å². The Kier molecular flexibility index (Phi) is 28.1. The maximum atomic E-state index is 13.2. The van der Waals surface area contributed by atoms with Crippen LogP contribution in [-0.2, 0) is 57.4 Å². The number of carbonyl (C=O) groups is 8. The van der Waals surface area contributed by atoms with Crippen molar-refractivity contribution in [2.45, 2.75) is 84.3 Å². The molecule has 97 heavy (non-hydrogen) atoms. The first-order valence-corrected chi connectivity index (χ1v) is 33.5. The lowest BCUT2D eigenvalue weighted by molar-refractivity contribution is -0.384. The summed E-state index contributed by atoms with van der Waals surface area (Å²) in [7, 11) is 4.85. The highest BCUT2D eigenvalue weighted by Crippen LogP contribution is 2.43. The van der Waals surface area contributed by atoms with Crippen molar-refractivity contribution in [3.8, 4) is 17.2 Å². The number of nitrogens with zero attached hydrogens (tertiary/aromatic N) is 3. The molecular weight excluding hydrogens is 1330 g/mol. The number of nitro groups is 1. The highest BCUT2D eigenvalue weighted by molar-refractivity contribution is 8.01. The number of hydrogen-bond donors (Lipinski definition) is 3. The van der Waals surface area contributed by atoms with Gasteiger partial charge in [-0.1, -0.05) is 48.0 Å². The third kappa shape index (κ3) is 20.2. The number of anilines is 3. The van der Waals surface area contributed by atoms with Crippen molar-refractivity contribution in [2.75, 3.05) is 76.0 Å². The van der Waals surface area contributed by atoms with E-state index in [9.17, 15) is 48.5 Å². The van der Waals surface area contributed by atoms with Gasteiger partial charge >= 0.3 is 23.9 Å². The average molecular weight is 1400 g/mol. The Labute approximate surface area is 578 Å². The number of rotatable bonds is 21. The molecule has 0 aromatic heterocycles. The van der Waals surface area contributed by atoms with Crippen molar-refractivity contribution in [1.82, 2.24) is 5.48 Å². The summed E-state index contributed by atoms with van der Waals surface area (Å²) >= 11 is 10.0. The van der Waals surface area contributed by atoms with Crippen LogP contribution < -0.4 is 34.8 Å². The first-order valence-electron chi connectivity index (χ1n) is 30.5. The minimum atomic E-state index is -0.731. The number of thioether (sulfide) groups is 3. The summed E-state index contributed by atoms with van der Waals surface area (Å²) in [5, 5.41) is 21.5. The molecule has 3 atom stereocenters. The summed E-state index contributed by atoms with van der Waals surface area (Å²) in [6.07, 6.45) is 1.71. The Morgan fingerprint density at radius 3 is 1.27 bits per heavy atom. The van der Waals surface area contributed by atoms with Crippen LogP contribution in [0.4, 0.5) is 22.7 Å². The number of carbonyl (C=O) groups excluding carboxylic acids is 8. The second-order valence-electron chi connectivity index (χ2n) is 20.9. The number of halogens is 1. The molecule has 3 heterocycles. The number of esters is 4. The minimum absolute atomic E-state index is 0.00644. The van der Waals surface area contributed by atoms with E-state index >= 15 is 0 Å². The molecule has 7 aromatic carbocycles. The number of ether oxygens (including phenoxy) is 7. The van der Waals surface area contributed by atoms with Crippen LogP contribution in [0.2, 0.25) is 5.02 Å². The molecule has 0 saturated heterocycles. The fraction of sp³-hybridized carbons (Fsp3) is 0.286. The van der Waals surface area contributed by atoms with E-state index in [1.54, 1.807) is 108 Å². The van der Waals surface area contributed by atoms with Crippen molar-refractivity contribution in [1.29, 1.82) is 0 Å². The lowest BCUT2D eigenvalue weighted by Crippen LogP contribution is -2.46. The summed E-state index contributed by atoms with van der Waals surface area (Å²) in [5.74, 6) is -0.560. The van der Waals surface area contributed by atoms with Gasteiger partial charge in [-0.05, 0) is 174 Å². The van der Waals surface area contributed by atoms with E-state index in [4.69, 9.17) is 50.0 Å². The van der Waals surface area contributed by atoms with E-state index in [2.05, 4.69) is 5.32 Å². The SMILES string of the molecule is CCOC(=O)c1ccc(Cl)c([N+](=O)[O-])c1.CCOC(=O)c1ccc2c(c1)N(CC(=O)NO)C(=O)C(Cc1ccc(OC)cc1)S2.CCOC(=O)c1ccc2c(c1)N(CC)C(=O)C(Cc1ccc(OC)cc1)S2.CCOC(=O)c1ccc2c(c1)NC(=O)C(Cc1ccc(OC)cc1)S2. The summed E-state index contributed by atoms with van der Waals surface area (Å²) in [6.45, 7) is 10.1. The Hall–Kier alpha value is -9.60. The molecule has 0 fully saturated rings. The van der Waals surface area contributed by atoms with Crippen LogP contribution in [-0.4, -0.2) is 134 Å². The molecule has 3 unspecified atom stereocenters. The van der Waals surface area contributed by atoms with Gasteiger partial charge in [-0.2, -0.15) is 0 Å². The van der Waals surface area contributed by atoms with Gasteiger partial charge in [0.1, 0.15) is 28.8 Å². The van der Waals surface area contributed by atoms with Gasteiger partial charge < -0.3 is 48.3 Å². The van der Waals surface area contributed by atoms with Crippen LogP contribution in [0, 0.1) is 10.1 Å².